The van der Waals surface area contributed by atoms with E-state index in [0.717, 1.165) is 6.42 Å². The second-order valence-corrected chi connectivity index (χ2v) is 7.80. The Bertz CT molecular complexity index is 925. The molecule has 3 heterocycles. The summed E-state index contributed by atoms with van der Waals surface area (Å²) in [6, 6.07) is 7.49. The van der Waals surface area contributed by atoms with Crippen LogP contribution >= 0.6 is 24.8 Å². The molecule has 10 heteroatoms. The molecule has 166 valence electrons. The Kier molecular flexibility index (Phi) is 8.63. The van der Waals surface area contributed by atoms with Crippen molar-refractivity contribution in [1.29, 1.82) is 0 Å². The Morgan fingerprint density at radius 2 is 2.07 bits per heavy atom. The quantitative estimate of drug-likeness (QED) is 0.713. The number of hydrogen-bond acceptors (Lipinski definition) is 6. The molecule has 4 rings (SSSR count). The van der Waals surface area contributed by atoms with E-state index in [2.05, 4.69) is 21.8 Å². The van der Waals surface area contributed by atoms with Crippen LogP contribution in [0.5, 0.6) is 0 Å². The number of nitrogens with one attached hydrogen (secondary N) is 1. The predicted molar refractivity (Wildman–Crippen MR) is 120 cm³/mol. The third-order valence-electron chi connectivity index (χ3n) is 5.74. The largest absolute Gasteiger partial charge is 0.366 e. The molecule has 0 bridgehead atoms. The van der Waals surface area contributed by atoms with Gasteiger partial charge in [-0.1, -0.05) is 12.1 Å². The van der Waals surface area contributed by atoms with Crippen LogP contribution in [0.4, 0.5) is 0 Å². The van der Waals surface area contributed by atoms with E-state index in [0.29, 0.717) is 62.0 Å². The number of benzene rings is 1. The van der Waals surface area contributed by atoms with Gasteiger partial charge in [-0.3, -0.25) is 14.5 Å². The van der Waals surface area contributed by atoms with Gasteiger partial charge in [-0.2, -0.15) is 0 Å². The van der Waals surface area contributed by atoms with Crippen LogP contribution < -0.4 is 11.3 Å². The number of morpholine rings is 1. The maximum absolute atomic E-state index is 13.0. The molecule has 0 spiro atoms. The van der Waals surface area contributed by atoms with Crippen molar-refractivity contribution in [2.45, 2.75) is 32.0 Å². The summed E-state index contributed by atoms with van der Waals surface area (Å²) in [5, 5.41) is 0.582. The van der Waals surface area contributed by atoms with Crippen molar-refractivity contribution in [3.63, 3.8) is 0 Å². The average Bonchev–Trinajstić information content (AvgIpc) is 3.08. The van der Waals surface area contributed by atoms with Crippen molar-refractivity contribution in [3.8, 4) is 0 Å². The fourth-order valence-electron chi connectivity index (χ4n) is 4.22. The zero-order valence-corrected chi connectivity index (χ0v) is 18.6. The summed E-state index contributed by atoms with van der Waals surface area (Å²) in [6.45, 7) is 5.53. The summed E-state index contributed by atoms with van der Waals surface area (Å²) in [4.78, 5) is 36.7. The Labute approximate surface area is 188 Å². The van der Waals surface area contributed by atoms with E-state index in [1.54, 1.807) is 6.07 Å². The van der Waals surface area contributed by atoms with E-state index in [9.17, 15) is 9.59 Å². The smallest absolute Gasteiger partial charge is 0.258 e. The molecule has 3 atom stereocenters. The summed E-state index contributed by atoms with van der Waals surface area (Å²) in [5.74, 6) is 1.01. The van der Waals surface area contributed by atoms with Crippen molar-refractivity contribution in [2.24, 2.45) is 11.7 Å². The second kappa shape index (κ2) is 10.5. The van der Waals surface area contributed by atoms with E-state index >= 15 is 0 Å². The average molecular weight is 458 g/mol. The number of likely N-dealkylation sites (tertiary alicyclic amines) is 1. The summed E-state index contributed by atoms with van der Waals surface area (Å²) >= 11 is 0. The summed E-state index contributed by atoms with van der Waals surface area (Å²) in [7, 11) is 0. The number of aromatic nitrogens is 2. The molecule has 1 amide bonds. The number of halogens is 2. The van der Waals surface area contributed by atoms with Gasteiger partial charge in [0.05, 0.1) is 24.1 Å². The fourth-order valence-corrected chi connectivity index (χ4v) is 4.22. The van der Waals surface area contributed by atoms with Crippen LogP contribution in [0.3, 0.4) is 0 Å². The van der Waals surface area contributed by atoms with Gasteiger partial charge in [-0.05, 0) is 37.9 Å². The molecule has 1 aromatic carbocycles. The van der Waals surface area contributed by atoms with Gasteiger partial charge >= 0.3 is 0 Å². The van der Waals surface area contributed by atoms with Crippen LogP contribution in [0.25, 0.3) is 10.9 Å². The van der Waals surface area contributed by atoms with Gasteiger partial charge in [0.25, 0.3) is 11.5 Å². The second-order valence-electron chi connectivity index (χ2n) is 7.80. The lowest BCUT2D eigenvalue weighted by molar-refractivity contribution is -0.150. The highest BCUT2D eigenvalue weighted by Crippen LogP contribution is 2.24. The number of amides is 1. The minimum Gasteiger partial charge on any atom is -0.366 e. The van der Waals surface area contributed by atoms with Crippen LogP contribution in [-0.2, 0) is 16.1 Å². The van der Waals surface area contributed by atoms with Crippen molar-refractivity contribution >= 4 is 41.6 Å². The van der Waals surface area contributed by atoms with Crippen LogP contribution in [0.15, 0.2) is 29.1 Å². The zero-order chi connectivity index (χ0) is 19.7. The molecule has 0 saturated carbocycles. The first-order chi connectivity index (χ1) is 13.5. The van der Waals surface area contributed by atoms with E-state index in [-0.39, 0.29) is 42.3 Å². The maximum atomic E-state index is 13.0. The molecule has 0 radical (unpaired) electrons. The fraction of sp³-hybridized carbons (Fsp3) is 0.550. The lowest BCUT2D eigenvalue weighted by Crippen LogP contribution is -2.51. The summed E-state index contributed by atoms with van der Waals surface area (Å²) < 4.78 is 5.77. The SMILES string of the molecule is CC1CC(CN)CN1C(=O)C1CN(Cc2nc3ccccc3c(=O)[nH]2)CCO1.Cl.Cl. The molecule has 0 aliphatic carbocycles. The normalized spacial score (nSPS) is 24.3. The molecule has 8 nitrogen and oxygen atoms in total. The first-order valence-corrected chi connectivity index (χ1v) is 9.87. The highest BCUT2D eigenvalue weighted by molar-refractivity contribution is 5.85. The molecular weight excluding hydrogens is 429 g/mol. The number of hydrogen-bond donors (Lipinski definition) is 2. The van der Waals surface area contributed by atoms with Crippen molar-refractivity contribution in [3.05, 3.63) is 40.4 Å². The van der Waals surface area contributed by atoms with Gasteiger partial charge in [0.15, 0.2) is 0 Å². The van der Waals surface area contributed by atoms with Gasteiger partial charge in [0, 0.05) is 25.7 Å². The minimum atomic E-state index is -0.486. The Hall–Kier alpha value is -1.71. The molecular formula is C20H29Cl2N5O3. The third kappa shape index (κ3) is 5.12. The number of ether oxygens (including phenoxy) is 1. The molecule has 1 aromatic heterocycles. The Balaban J connectivity index is 0.00000160. The monoisotopic (exact) mass is 457 g/mol. The van der Waals surface area contributed by atoms with Gasteiger partial charge in [0.1, 0.15) is 11.9 Å². The number of nitrogens with zero attached hydrogens (tertiary/aromatic N) is 3. The van der Waals surface area contributed by atoms with Crippen molar-refractivity contribution in [2.75, 3.05) is 32.8 Å². The molecule has 2 aliphatic heterocycles. The summed E-state index contributed by atoms with van der Waals surface area (Å²) in [5.41, 5.74) is 6.33. The number of carbonyl (C=O) groups is 1. The maximum Gasteiger partial charge on any atom is 0.258 e. The van der Waals surface area contributed by atoms with Crippen molar-refractivity contribution in [1.82, 2.24) is 19.8 Å². The molecule has 2 saturated heterocycles. The van der Waals surface area contributed by atoms with Gasteiger partial charge < -0.3 is 20.4 Å². The number of carbonyl (C=O) groups excluding carboxylic acids is 1. The van der Waals surface area contributed by atoms with E-state index < -0.39 is 6.10 Å². The number of aromatic amines is 1. The molecule has 2 aliphatic rings. The van der Waals surface area contributed by atoms with E-state index in [1.807, 2.05) is 23.1 Å². The van der Waals surface area contributed by atoms with Crippen molar-refractivity contribution < 1.29 is 9.53 Å². The Morgan fingerprint density at radius 3 is 2.80 bits per heavy atom. The number of H-pyrrole nitrogens is 1. The third-order valence-corrected chi connectivity index (χ3v) is 5.74. The molecule has 3 N–H and O–H groups in total. The molecule has 30 heavy (non-hydrogen) atoms. The topological polar surface area (TPSA) is 105 Å². The van der Waals surface area contributed by atoms with E-state index in [4.69, 9.17) is 10.5 Å². The van der Waals surface area contributed by atoms with Gasteiger partial charge in [-0.15, -0.1) is 24.8 Å². The Morgan fingerprint density at radius 1 is 1.30 bits per heavy atom. The minimum absolute atomic E-state index is 0. The predicted octanol–water partition coefficient (Wildman–Crippen LogP) is 1.16. The van der Waals surface area contributed by atoms with Gasteiger partial charge in [-0.25, -0.2) is 4.98 Å². The lowest BCUT2D eigenvalue weighted by atomic mass is 10.1. The first-order valence-electron chi connectivity index (χ1n) is 9.87. The number of fused-ring (bicyclic) bond motifs is 1. The molecule has 3 unspecified atom stereocenters. The van der Waals surface area contributed by atoms with Gasteiger partial charge in [0.2, 0.25) is 0 Å². The standard InChI is InChI=1S/C20H27N5O3.2ClH/c1-13-8-14(9-21)10-25(13)20(27)17-11-24(6-7-28-17)12-18-22-16-5-3-2-4-15(16)19(26)23-18;;/h2-5,13-14,17H,6-12,21H2,1H3,(H,22,23,26);2*1H. The number of para-hydroxylation sites is 1. The van der Waals surface area contributed by atoms with Crippen LogP contribution in [-0.4, -0.2) is 70.6 Å². The van der Waals surface area contributed by atoms with Crippen LogP contribution in [0.2, 0.25) is 0 Å². The first kappa shape index (κ1) is 24.6. The number of nitrogens with two attached hydrogens (primary N) is 1. The van der Waals surface area contributed by atoms with Crippen LogP contribution in [0, 0.1) is 5.92 Å². The summed E-state index contributed by atoms with van der Waals surface area (Å²) in [6.07, 6.45) is 0.459. The molecule has 2 aromatic rings. The molecule has 2 fully saturated rings. The van der Waals surface area contributed by atoms with E-state index in [1.165, 1.54) is 0 Å². The lowest BCUT2D eigenvalue weighted by Gasteiger charge is -2.34. The number of rotatable bonds is 4. The zero-order valence-electron chi connectivity index (χ0n) is 17.0. The van der Waals surface area contributed by atoms with Crippen LogP contribution in [0.1, 0.15) is 19.2 Å². The highest BCUT2D eigenvalue weighted by Gasteiger charge is 2.37. The highest BCUT2D eigenvalue weighted by atomic mass is 35.5.